The van der Waals surface area contributed by atoms with Crippen LogP contribution in [-0.4, -0.2) is 34.9 Å². The highest BCUT2D eigenvalue weighted by Crippen LogP contribution is 2.18. The minimum absolute atomic E-state index is 0.0578. The van der Waals surface area contributed by atoms with Crippen LogP contribution in [-0.2, 0) is 4.79 Å². The predicted octanol–water partition coefficient (Wildman–Crippen LogP) is 17.4. The number of nitrogens with one attached hydrogen (secondary N) is 1. The second-order valence-electron chi connectivity index (χ2n) is 18.7. The topological polar surface area (TPSA) is 69.6 Å². The average molecular weight is 818 g/mol. The molecule has 0 saturated heterocycles. The molecule has 0 aliphatic heterocycles. The van der Waals surface area contributed by atoms with Gasteiger partial charge in [0, 0.05) is 6.42 Å². The van der Waals surface area contributed by atoms with Crippen molar-refractivity contribution in [2.24, 2.45) is 0 Å². The van der Waals surface area contributed by atoms with E-state index in [1.54, 1.807) is 6.08 Å². The molecule has 0 aliphatic rings. The number of allylic oxidation sites excluding steroid dienone is 1. The Morgan fingerprint density at radius 1 is 0.397 bits per heavy atom. The van der Waals surface area contributed by atoms with Gasteiger partial charge in [0.05, 0.1) is 18.8 Å². The zero-order valence-electron chi connectivity index (χ0n) is 39.8. The number of aliphatic hydroxyl groups is 2. The average Bonchev–Trinajstić information content (AvgIpc) is 3.23. The first kappa shape index (κ1) is 57.1. The van der Waals surface area contributed by atoms with Crippen molar-refractivity contribution in [3.63, 3.8) is 0 Å². The molecule has 4 heteroatoms. The minimum atomic E-state index is -0.834. The van der Waals surface area contributed by atoms with Gasteiger partial charge in [-0.05, 0) is 19.3 Å². The standard InChI is InChI=1S/C54H107NO3/c1-3-5-7-9-11-13-15-17-18-19-20-21-22-23-24-25-26-27-28-29-30-31-32-33-34-35-36-38-40-42-44-46-48-50-54(58)55-52(51-56)53(57)49-47-45-43-41-39-37-16-14-12-10-8-6-4-2/h47,49,52-53,56-57H,3-46,48,50-51H2,1-2H3,(H,55,58)/b49-47+. The fourth-order valence-electron chi connectivity index (χ4n) is 8.65. The maximum absolute atomic E-state index is 12.4. The monoisotopic (exact) mass is 818 g/mol. The molecule has 0 rings (SSSR count). The molecule has 0 aromatic heterocycles. The largest absolute Gasteiger partial charge is 0.394 e. The van der Waals surface area contributed by atoms with Crippen LogP contribution in [0.1, 0.15) is 309 Å². The molecule has 4 nitrogen and oxygen atoms in total. The molecule has 3 N–H and O–H groups in total. The highest BCUT2D eigenvalue weighted by atomic mass is 16.3. The number of carbonyl (C=O) groups is 1. The number of aliphatic hydroxyl groups excluding tert-OH is 2. The second kappa shape index (κ2) is 50.5. The van der Waals surface area contributed by atoms with Crippen molar-refractivity contribution >= 4 is 5.91 Å². The summed E-state index contributed by atoms with van der Waals surface area (Å²) in [6.45, 7) is 4.33. The van der Waals surface area contributed by atoms with Crippen LogP contribution in [0, 0.1) is 0 Å². The molecule has 0 aliphatic carbocycles. The van der Waals surface area contributed by atoms with Crippen molar-refractivity contribution in [1.29, 1.82) is 0 Å². The zero-order valence-corrected chi connectivity index (χ0v) is 39.8. The van der Waals surface area contributed by atoms with E-state index in [0.717, 1.165) is 25.7 Å². The van der Waals surface area contributed by atoms with E-state index >= 15 is 0 Å². The zero-order chi connectivity index (χ0) is 42.1. The molecule has 2 atom stereocenters. The van der Waals surface area contributed by atoms with E-state index in [4.69, 9.17) is 0 Å². The Kier molecular flexibility index (Phi) is 49.7. The van der Waals surface area contributed by atoms with E-state index in [9.17, 15) is 15.0 Å². The number of amides is 1. The molecule has 58 heavy (non-hydrogen) atoms. The summed E-state index contributed by atoms with van der Waals surface area (Å²) in [5.74, 6) is -0.0578. The SMILES string of the molecule is CCCCCCCCCCCCC/C=C/C(O)C(CO)NC(=O)CCCCCCCCCCCCCCCCCCCCCCCCCCCCCCCCCCC. The molecule has 1 amide bonds. The van der Waals surface area contributed by atoms with Crippen LogP contribution in [0.25, 0.3) is 0 Å². The lowest BCUT2D eigenvalue weighted by Gasteiger charge is -2.20. The van der Waals surface area contributed by atoms with Gasteiger partial charge < -0.3 is 15.5 Å². The highest BCUT2D eigenvalue weighted by molar-refractivity contribution is 5.76. The van der Waals surface area contributed by atoms with Crippen LogP contribution >= 0.6 is 0 Å². The van der Waals surface area contributed by atoms with Gasteiger partial charge >= 0.3 is 0 Å². The van der Waals surface area contributed by atoms with Crippen LogP contribution in [0.3, 0.4) is 0 Å². The van der Waals surface area contributed by atoms with E-state index in [1.165, 1.54) is 263 Å². The minimum Gasteiger partial charge on any atom is -0.394 e. The van der Waals surface area contributed by atoms with Gasteiger partial charge in [0.15, 0.2) is 0 Å². The van der Waals surface area contributed by atoms with Crippen LogP contribution < -0.4 is 5.32 Å². The first-order valence-corrected chi connectivity index (χ1v) is 26.9. The van der Waals surface area contributed by atoms with Gasteiger partial charge in [-0.25, -0.2) is 0 Å². The normalized spacial score (nSPS) is 12.8. The van der Waals surface area contributed by atoms with E-state index in [-0.39, 0.29) is 12.5 Å². The number of carbonyl (C=O) groups excluding carboxylic acids is 1. The lowest BCUT2D eigenvalue weighted by Crippen LogP contribution is -2.45. The van der Waals surface area contributed by atoms with E-state index in [0.29, 0.717) is 6.42 Å². The maximum Gasteiger partial charge on any atom is 0.220 e. The molecule has 0 saturated carbocycles. The molecule has 346 valence electrons. The van der Waals surface area contributed by atoms with Crippen LogP contribution in [0.4, 0.5) is 0 Å². The third-order valence-electron chi connectivity index (χ3n) is 12.8. The van der Waals surface area contributed by atoms with Gasteiger partial charge in [0.1, 0.15) is 0 Å². The van der Waals surface area contributed by atoms with Gasteiger partial charge in [-0.15, -0.1) is 0 Å². The summed E-state index contributed by atoms with van der Waals surface area (Å²) < 4.78 is 0. The Morgan fingerprint density at radius 3 is 0.897 bits per heavy atom. The van der Waals surface area contributed by atoms with E-state index < -0.39 is 12.1 Å². The molecule has 2 unspecified atom stereocenters. The van der Waals surface area contributed by atoms with Crippen LogP contribution in [0.5, 0.6) is 0 Å². The fraction of sp³-hybridized carbons (Fsp3) is 0.944. The molecule has 0 aromatic rings. The molecule has 0 heterocycles. The first-order valence-electron chi connectivity index (χ1n) is 26.9. The Balaban J connectivity index is 3.37. The Labute approximate surface area is 365 Å². The van der Waals surface area contributed by atoms with Gasteiger partial charge in [-0.1, -0.05) is 296 Å². The van der Waals surface area contributed by atoms with E-state index in [2.05, 4.69) is 19.2 Å². The summed E-state index contributed by atoms with van der Waals surface area (Å²) in [5.41, 5.74) is 0. The van der Waals surface area contributed by atoms with Crippen molar-refractivity contribution in [1.82, 2.24) is 5.32 Å². The molecular formula is C54H107NO3. The quantitative estimate of drug-likeness (QED) is 0.0423. The molecule has 0 fully saturated rings. The summed E-state index contributed by atoms with van der Waals surface area (Å²) in [6.07, 6.45) is 65.2. The Bertz CT molecular complexity index is 799. The molecule has 0 spiro atoms. The molecular weight excluding hydrogens is 711 g/mol. The Morgan fingerprint density at radius 2 is 0.638 bits per heavy atom. The third kappa shape index (κ3) is 46.2. The molecule has 0 aromatic carbocycles. The van der Waals surface area contributed by atoms with Crippen molar-refractivity contribution in [2.45, 2.75) is 321 Å². The molecule has 0 radical (unpaired) electrons. The van der Waals surface area contributed by atoms with Gasteiger partial charge in [-0.3, -0.25) is 4.79 Å². The van der Waals surface area contributed by atoms with Gasteiger partial charge in [-0.2, -0.15) is 0 Å². The van der Waals surface area contributed by atoms with Crippen molar-refractivity contribution in [3.05, 3.63) is 12.2 Å². The second-order valence-corrected chi connectivity index (χ2v) is 18.7. The fourth-order valence-corrected chi connectivity index (χ4v) is 8.65. The van der Waals surface area contributed by atoms with Crippen LogP contribution in [0.2, 0.25) is 0 Å². The number of unbranched alkanes of at least 4 members (excludes halogenated alkanes) is 43. The first-order chi connectivity index (χ1) is 28.7. The third-order valence-corrected chi connectivity index (χ3v) is 12.8. The Hall–Kier alpha value is -0.870. The van der Waals surface area contributed by atoms with Crippen molar-refractivity contribution in [2.75, 3.05) is 6.61 Å². The number of hydrogen-bond donors (Lipinski definition) is 3. The smallest absolute Gasteiger partial charge is 0.220 e. The highest BCUT2D eigenvalue weighted by Gasteiger charge is 2.18. The molecule has 0 bridgehead atoms. The van der Waals surface area contributed by atoms with Gasteiger partial charge in [0.25, 0.3) is 0 Å². The number of rotatable bonds is 50. The summed E-state index contributed by atoms with van der Waals surface area (Å²) in [7, 11) is 0. The lowest BCUT2D eigenvalue weighted by atomic mass is 10.0. The van der Waals surface area contributed by atoms with Gasteiger partial charge in [0.2, 0.25) is 5.91 Å². The van der Waals surface area contributed by atoms with Crippen molar-refractivity contribution in [3.8, 4) is 0 Å². The summed E-state index contributed by atoms with van der Waals surface area (Å²) in [5, 5.41) is 23.0. The van der Waals surface area contributed by atoms with E-state index in [1.807, 2.05) is 6.08 Å². The summed E-state index contributed by atoms with van der Waals surface area (Å²) in [4.78, 5) is 12.4. The lowest BCUT2D eigenvalue weighted by molar-refractivity contribution is -0.123. The van der Waals surface area contributed by atoms with Crippen molar-refractivity contribution < 1.29 is 15.0 Å². The predicted molar refractivity (Wildman–Crippen MR) is 258 cm³/mol. The summed E-state index contributed by atoms with van der Waals surface area (Å²) in [6, 6.07) is -0.616. The number of hydrogen-bond acceptors (Lipinski definition) is 3. The van der Waals surface area contributed by atoms with Crippen LogP contribution in [0.15, 0.2) is 12.2 Å². The maximum atomic E-state index is 12.4. The summed E-state index contributed by atoms with van der Waals surface area (Å²) >= 11 is 0.